The fraction of sp³-hybridized carbons (Fsp3) is 0.500. The van der Waals surface area contributed by atoms with Crippen LogP contribution in [0.2, 0.25) is 0 Å². The molecule has 1 atom stereocenters. The van der Waals surface area contributed by atoms with Crippen LogP contribution in [-0.2, 0) is 0 Å². The first kappa shape index (κ1) is 11.8. The molecule has 0 heterocycles. The van der Waals surface area contributed by atoms with Gasteiger partial charge >= 0.3 is 0 Å². The van der Waals surface area contributed by atoms with Crippen LogP contribution in [0.15, 0.2) is 30.3 Å². The lowest BCUT2D eigenvalue weighted by atomic mass is 10.0. The van der Waals surface area contributed by atoms with Gasteiger partial charge in [0, 0.05) is 0 Å². The molecular formula is C16H20O2. The molecule has 96 valence electrons. The van der Waals surface area contributed by atoms with Gasteiger partial charge in [-0.3, -0.25) is 0 Å². The predicted octanol–water partition coefficient (Wildman–Crippen LogP) is 3.55. The smallest absolute Gasteiger partial charge is 0.120 e. The Morgan fingerprint density at radius 2 is 2.00 bits per heavy atom. The van der Waals surface area contributed by atoms with E-state index in [9.17, 15) is 5.11 Å². The van der Waals surface area contributed by atoms with Crippen molar-refractivity contribution in [2.75, 3.05) is 0 Å². The average Bonchev–Trinajstić information content (AvgIpc) is 3.18. The zero-order chi connectivity index (χ0) is 12.4. The van der Waals surface area contributed by atoms with E-state index in [4.69, 9.17) is 4.74 Å². The molecule has 1 N–H and O–H groups in total. The minimum absolute atomic E-state index is 0.282. The quantitative estimate of drug-likeness (QED) is 0.881. The molecule has 0 spiro atoms. The van der Waals surface area contributed by atoms with Crippen LogP contribution in [0, 0.1) is 0 Å². The number of ether oxygens (including phenoxy) is 1. The largest absolute Gasteiger partial charge is 0.490 e. The Morgan fingerprint density at radius 3 is 2.83 bits per heavy atom. The fourth-order valence-electron chi connectivity index (χ4n) is 2.46. The number of hydrogen-bond donors (Lipinski definition) is 1. The highest BCUT2D eigenvalue weighted by Gasteiger charge is 2.23. The summed E-state index contributed by atoms with van der Waals surface area (Å²) in [4.78, 5) is 0. The summed E-state index contributed by atoms with van der Waals surface area (Å²) in [5, 5.41) is 9.84. The van der Waals surface area contributed by atoms with Crippen molar-refractivity contribution in [1.82, 2.24) is 0 Å². The van der Waals surface area contributed by atoms with Gasteiger partial charge in [0.1, 0.15) is 5.75 Å². The summed E-state index contributed by atoms with van der Waals surface area (Å²) in [6, 6.07) is 8.30. The highest BCUT2D eigenvalue weighted by Crippen LogP contribution is 2.31. The van der Waals surface area contributed by atoms with E-state index < -0.39 is 0 Å². The van der Waals surface area contributed by atoms with E-state index in [0.29, 0.717) is 6.10 Å². The van der Waals surface area contributed by atoms with E-state index >= 15 is 0 Å². The topological polar surface area (TPSA) is 29.5 Å². The van der Waals surface area contributed by atoms with Crippen molar-refractivity contribution in [1.29, 1.82) is 0 Å². The van der Waals surface area contributed by atoms with Crippen LogP contribution >= 0.6 is 0 Å². The molecule has 18 heavy (non-hydrogen) atoms. The lowest BCUT2D eigenvalue weighted by Crippen LogP contribution is -2.00. The number of allylic oxidation sites excluding steroid dienone is 1. The molecule has 1 unspecified atom stereocenters. The van der Waals surface area contributed by atoms with Gasteiger partial charge in [-0.2, -0.15) is 0 Å². The second kappa shape index (κ2) is 5.15. The standard InChI is InChI=1S/C16H20O2/c17-14-6-2-1-4-12(10-14)13-5-3-7-16(11-13)18-15-8-9-15/h3,5,7,10-11,14-15,17H,1-2,4,6,8-9H2. The van der Waals surface area contributed by atoms with Crippen LogP contribution in [0.4, 0.5) is 0 Å². The van der Waals surface area contributed by atoms with E-state index in [1.165, 1.54) is 24.0 Å². The Balaban J connectivity index is 1.81. The van der Waals surface area contributed by atoms with E-state index in [2.05, 4.69) is 12.1 Å². The van der Waals surface area contributed by atoms with E-state index in [1.54, 1.807) is 0 Å². The first-order valence-electron chi connectivity index (χ1n) is 6.97. The first-order valence-corrected chi connectivity index (χ1v) is 6.97. The maximum atomic E-state index is 9.84. The van der Waals surface area contributed by atoms with Crippen LogP contribution < -0.4 is 4.74 Å². The van der Waals surface area contributed by atoms with Crippen molar-refractivity contribution in [3.05, 3.63) is 35.9 Å². The molecule has 2 nitrogen and oxygen atoms in total. The molecule has 0 aromatic heterocycles. The highest BCUT2D eigenvalue weighted by molar-refractivity contribution is 5.67. The molecule has 1 aromatic carbocycles. The molecule has 1 aromatic rings. The van der Waals surface area contributed by atoms with Gasteiger partial charge < -0.3 is 9.84 Å². The molecule has 2 aliphatic carbocycles. The van der Waals surface area contributed by atoms with Crippen LogP contribution in [0.5, 0.6) is 5.75 Å². The Hall–Kier alpha value is -1.28. The SMILES string of the molecule is OC1C=C(c2cccc(OC3CC3)c2)CCCC1. The van der Waals surface area contributed by atoms with Gasteiger partial charge in [-0.15, -0.1) is 0 Å². The summed E-state index contributed by atoms with van der Waals surface area (Å²) in [6.07, 6.45) is 8.77. The van der Waals surface area contributed by atoms with Gasteiger partial charge in [-0.25, -0.2) is 0 Å². The number of rotatable bonds is 3. The number of benzene rings is 1. The minimum atomic E-state index is -0.282. The summed E-state index contributed by atoms with van der Waals surface area (Å²) in [5.41, 5.74) is 2.47. The Bertz CT molecular complexity index is 446. The summed E-state index contributed by atoms with van der Waals surface area (Å²) in [7, 11) is 0. The summed E-state index contributed by atoms with van der Waals surface area (Å²) >= 11 is 0. The van der Waals surface area contributed by atoms with Gasteiger partial charge in [0.2, 0.25) is 0 Å². The monoisotopic (exact) mass is 244 g/mol. The second-order valence-corrected chi connectivity index (χ2v) is 5.35. The van der Waals surface area contributed by atoms with Crippen molar-refractivity contribution < 1.29 is 9.84 Å². The maximum absolute atomic E-state index is 9.84. The normalized spacial score (nSPS) is 24.3. The van der Waals surface area contributed by atoms with Crippen molar-refractivity contribution >= 4 is 5.57 Å². The fourth-order valence-corrected chi connectivity index (χ4v) is 2.46. The summed E-state index contributed by atoms with van der Waals surface area (Å²) in [5.74, 6) is 0.967. The summed E-state index contributed by atoms with van der Waals surface area (Å²) < 4.78 is 5.83. The van der Waals surface area contributed by atoms with Crippen molar-refractivity contribution in [2.45, 2.75) is 50.7 Å². The zero-order valence-corrected chi connectivity index (χ0v) is 10.6. The third-order valence-electron chi connectivity index (χ3n) is 3.62. The maximum Gasteiger partial charge on any atom is 0.120 e. The highest BCUT2D eigenvalue weighted by atomic mass is 16.5. The molecule has 2 heteroatoms. The molecule has 3 rings (SSSR count). The van der Waals surface area contributed by atoms with Crippen molar-refractivity contribution in [3.63, 3.8) is 0 Å². The van der Waals surface area contributed by atoms with Gasteiger partial charge in [0.05, 0.1) is 12.2 Å². The van der Waals surface area contributed by atoms with Crippen LogP contribution in [0.25, 0.3) is 5.57 Å². The Kier molecular flexibility index (Phi) is 3.37. The molecule has 1 fully saturated rings. The van der Waals surface area contributed by atoms with Crippen LogP contribution in [0.3, 0.4) is 0 Å². The lowest BCUT2D eigenvalue weighted by molar-refractivity contribution is 0.211. The molecule has 2 aliphatic rings. The number of hydrogen-bond acceptors (Lipinski definition) is 2. The van der Waals surface area contributed by atoms with Gasteiger partial charge in [-0.1, -0.05) is 24.6 Å². The Morgan fingerprint density at radius 1 is 1.11 bits per heavy atom. The van der Waals surface area contributed by atoms with Crippen LogP contribution in [0.1, 0.15) is 44.1 Å². The molecule has 0 aliphatic heterocycles. The zero-order valence-electron chi connectivity index (χ0n) is 10.6. The Labute approximate surface area is 108 Å². The van der Waals surface area contributed by atoms with Gasteiger partial charge in [0.25, 0.3) is 0 Å². The van der Waals surface area contributed by atoms with E-state index in [-0.39, 0.29) is 6.10 Å². The first-order chi connectivity index (χ1) is 8.81. The third-order valence-corrected chi connectivity index (χ3v) is 3.62. The molecular weight excluding hydrogens is 224 g/mol. The number of aliphatic hydroxyl groups excluding tert-OH is 1. The van der Waals surface area contributed by atoms with Crippen LogP contribution in [-0.4, -0.2) is 17.3 Å². The average molecular weight is 244 g/mol. The lowest BCUT2D eigenvalue weighted by Gasteiger charge is -2.10. The van der Waals surface area contributed by atoms with Gasteiger partial charge in [-0.05, 0) is 55.4 Å². The molecule has 0 bridgehead atoms. The second-order valence-electron chi connectivity index (χ2n) is 5.35. The van der Waals surface area contributed by atoms with Crippen molar-refractivity contribution in [3.8, 4) is 5.75 Å². The van der Waals surface area contributed by atoms with E-state index in [1.807, 2.05) is 18.2 Å². The van der Waals surface area contributed by atoms with E-state index in [0.717, 1.165) is 31.4 Å². The predicted molar refractivity (Wildman–Crippen MR) is 72.5 cm³/mol. The molecule has 0 radical (unpaired) electrons. The van der Waals surface area contributed by atoms with Gasteiger partial charge in [0.15, 0.2) is 0 Å². The molecule has 0 amide bonds. The summed E-state index contributed by atoms with van der Waals surface area (Å²) in [6.45, 7) is 0. The molecule has 1 saturated carbocycles. The molecule has 0 saturated heterocycles. The minimum Gasteiger partial charge on any atom is -0.490 e. The number of aliphatic hydroxyl groups is 1. The third kappa shape index (κ3) is 2.94. The van der Waals surface area contributed by atoms with Crippen molar-refractivity contribution in [2.24, 2.45) is 0 Å².